The summed E-state index contributed by atoms with van der Waals surface area (Å²) in [6.45, 7) is 1.97. The van der Waals surface area contributed by atoms with Crippen LogP contribution in [0.25, 0.3) is 0 Å². The first-order valence-corrected chi connectivity index (χ1v) is 7.85. The molecule has 4 N–H and O–H groups in total. The number of amides is 3. The number of halogens is 1. The number of anilines is 2. The smallest absolute Gasteiger partial charge is 0.321 e. The van der Waals surface area contributed by atoms with Crippen LogP contribution in [0.5, 0.6) is 0 Å². The van der Waals surface area contributed by atoms with Crippen molar-refractivity contribution in [3.63, 3.8) is 0 Å². The van der Waals surface area contributed by atoms with Crippen molar-refractivity contribution in [2.45, 2.75) is 32.1 Å². The number of rotatable bonds is 4. The van der Waals surface area contributed by atoms with E-state index < -0.39 is 0 Å². The zero-order valence-electron chi connectivity index (χ0n) is 13.2. The Morgan fingerprint density at radius 1 is 0.957 bits per heavy atom. The van der Waals surface area contributed by atoms with Crippen molar-refractivity contribution in [2.24, 2.45) is 5.73 Å². The lowest BCUT2D eigenvalue weighted by atomic mass is 10.2. The van der Waals surface area contributed by atoms with E-state index in [4.69, 9.17) is 5.73 Å². The average Bonchev–Trinajstić information content (AvgIpc) is 2.78. The Balaban J connectivity index is 0.00000264. The van der Waals surface area contributed by atoms with Gasteiger partial charge in [-0.25, -0.2) is 4.79 Å². The van der Waals surface area contributed by atoms with Crippen LogP contribution in [0.4, 0.5) is 16.2 Å². The van der Waals surface area contributed by atoms with E-state index in [1.54, 1.807) is 24.3 Å². The number of carbonyl (C=O) groups is 2. The maximum atomic E-state index is 12.2. The van der Waals surface area contributed by atoms with Crippen LogP contribution in [0.2, 0.25) is 0 Å². The topological polar surface area (TPSA) is 87.5 Å². The van der Waals surface area contributed by atoms with Gasteiger partial charge in [0.05, 0.1) is 0 Å². The van der Waals surface area contributed by atoms with E-state index in [9.17, 15) is 9.59 Å². The second kappa shape index (κ2) is 10.1. The lowest BCUT2D eigenvalue weighted by Gasteiger charge is -2.20. The standard InChI is InChI=1S/C16H24N4O2.ClH/c17-10-9-15(21)18-13-5-7-14(8-6-13)19-16(22)20-11-3-1-2-4-12-20;/h5-8H,1-4,9-12,17H2,(H,18,21)(H,19,22);1H. The minimum Gasteiger partial charge on any atom is -0.330 e. The van der Waals surface area contributed by atoms with Crippen molar-refractivity contribution in [1.29, 1.82) is 0 Å². The van der Waals surface area contributed by atoms with Gasteiger partial charge in [-0.15, -0.1) is 12.4 Å². The quantitative estimate of drug-likeness (QED) is 0.787. The molecule has 1 aliphatic heterocycles. The fraction of sp³-hybridized carbons (Fsp3) is 0.500. The lowest BCUT2D eigenvalue weighted by Crippen LogP contribution is -2.35. The van der Waals surface area contributed by atoms with E-state index in [1.807, 2.05) is 4.90 Å². The predicted molar refractivity (Wildman–Crippen MR) is 95.1 cm³/mol. The Morgan fingerprint density at radius 3 is 2.00 bits per heavy atom. The molecule has 0 radical (unpaired) electrons. The van der Waals surface area contributed by atoms with Crippen molar-refractivity contribution in [3.05, 3.63) is 24.3 Å². The van der Waals surface area contributed by atoms with Crippen molar-refractivity contribution in [2.75, 3.05) is 30.3 Å². The molecule has 23 heavy (non-hydrogen) atoms. The normalized spacial score (nSPS) is 14.4. The number of carbonyl (C=O) groups excluding carboxylic acids is 2. The largest absolute Gasteiger partial charge is 0.330 e. The van der Waals surface area contributed by atoms with Gasteiger partial charge in [-0.3, -0.25) is 4.79 Å². The predicted octanol–water partition coefficient (Wildman–Crippen LogP) is 2.80. The molecule has 0 aliphatic carbocycles. The molecule has 3 amide bonds. The molecule has 1 aromatic carbocycles. The molecular weight excluding hydrogens is 316 g/mol. The fourth-order valence-corrected chi connectivity index (χ4v) is 2.47. The second-order valence-corrected chi connectivity index (χ2v) is 5.50. The van der Waals surface area contributed by atoms with Crippen LogP contribution in [0.1, 0.15) is 32.1 Å². The summed E-state index contributed by atoms with van der Waals surface area (Å²) in [5, 5.41) is 5.65. The molecular formula is C16H25ClN4O2. The highest BCUT2D eigenvalue weighted by atomic mass is 35.5. The van der Waals surface area contributed by atoms with Crippen LogP contribution < -0.4 is 16.4 Å². The van der Waals surface area contributed by atoms with Gasteiger partial charge in [0.1, 0.15) is 0 Å². The van der Waals surface area contributed by atoms with Crippen molar-refractivity contribution < 1.29 is 9.59 Å². The Labute approximate surface area is 143 Å². The zero-order valence-corrected chi connectivity index (χ0v) is 14.0. The van der Waals surface area contributed by atoms with Gasteiger partial charge >= 0.3 is 6.03 Å². The van der Waals surface area contributed by atoms with E-state index in [2.05, 4.69) is 10.6 Å². The molecule has 7 heteroatoms. The summed E-state index contributed by atoms with van der Waals surface area (Å²) in [7, 11) is 0. The van der Waals surface area contributed by atoms with E-state index in [0.717, 1.165) is 31.6 Å². The van der Waals surface area contributed by atoms with Crippen LogP contribution in [0, 0.1) is 0 Å². The maximum Gasteiger partial charge on any atom is 0.321 e. The summed E-state index contributed by atoms with van der Waals surface area (Å²) >= 11 is 0. The summed E-state index contributed by atoms with van der Waals surface area (Å²) in [5.74, 6) is -0.108. The van der Waals surface area contributed by atoms with E-state index in [1.165, 1.54) is 12.8 Å². The Kier molecular flexibility index (Phi) is 8.43. The molecule has 0 saturated carbocycles. The molecule has 0 bridgehead atoms. The van der Waals surface area contributed by atoms with Gasteiger partial charge in [0.2, 0.25) is 5.91 Å². The maximum absolute atomic E-state index is 12.2. The molecule has 2 rings (SSSR count). The van der Waals surface area contributed by atoms with E-state index >= 15 is 0 Å². The molecule has 0 spiro atoms. The van der Waals surface area contributed by atoms with Gasteiger partial charge in [0.15, 0.2) is 0 Å². The summed E-state index contributed by atoms with van der Waals surface area (Å²) in [6, 6.07) is 7.06. The number of nitrogens with one attached hydrogen (secondary N) is 2. The Morgan fingerprint density at radius 2 is 1.48 bits per heavy atom. The minimum atomic E-state index is -0.108. The molecule has 0 aromatic heterocycles. The molecule has 0 unspecified atom stereocenters. The molecule has 1 saturated heterocycles. The molecule has 6 nitrogen and oxygen atoms in total. The molecule has 0 atom stereocenters. The Hall–Kier alpha value is -1.79. The number of hydrogen-bond donors (Lipinski definition) is 3. The summed E-state index contributed by atoms with van der Waals surface area (Å²) in [5.41, 5.74) is 6.76. The van der Waals surface area contributed by atoms with Gasteiger partial charge in [-0.1, -0.05) is 12.8 Å². The number of nitrogens with zero attached hydrogens (tertiary/aromatic N) is 1. The molecule has 1 aliphatic rings. The van der Waals surface area contributed by atoms with Crippen LogP contribution in [0.3, 0.4) is 0 Å². The van der Waals surface area contributed by atoms with Gasteiger partial charge in [0.25, 0.3) is 0 Å². The summed E-state index contributed by atoms with van der Waals surface area (Å²) in [6.07, 6.45) is 4.83. The van der Waals surface area contributed by atoms with Gasteiger partial charge in [-0.05, 0) is 37.1 Å². The zero-order chi connectivity index (χ0) is 15.8. The number of hydrogen-bond acceptors (Lipinski definition) is 3. The van der Waals surface area contributed by atoms with Crippen LogP contribution in [0.15, 0.2) is 24.3 Å². The van der Waals surface area contributed by atoms with Crippen LogP contribution in [-0.2, 0) is 4.79 Å². The SMILES string of the molecule is Cl.NCCC(=O)Nc1ccc(NC(=O)N2CCCCCC2)cc1. The monoisotopic (exact) mass is 340 g/mol. The van der Waals surface area contributed by atoms with Crippen LogP contribution in [-0.4, -0.2) is 36.5 Å². The van der Waals surface area contributed by atoms with Gasteiger partial charge < -0.3 is 21.3 Å². The number of urea groups is 1. The molecule has 128 valence electrons. The minimum absolute atomic E-state index is 0. The van der Waals surface area contributed by atoms with Gasteiger partial charge in [0, 0.05) is 37.4 Å². The first kappa shape index (κ1) is 19.3. The first-order valence-electron chi connectivity index (χ1n) is 7.85. The Bertz CT molecular complexity index is 499. The highest BCUT2D eigenvalue weighted by molar-refractivity contribution is 5.92. The third-order valence-corrected chi connectivity index (χ3v) is 3.68. The lowest BCUT2D eigenvalue weighted by molar-refractivity contribution is -0.116. The molecule has 1 aromatic rings. The first-order chi connectivity index (χ1) is 10.7. The second-order valence-electron chi connectivity index (χ2n) is 5.50. The fourth-order valence-electron chi connectivity index (χ4n) is 2.47. The van der Waals surface area contributed by atoms with Crippen molar-refractivity contribution >= 4 is 35.7 Å². The highest BCUT2D eigenvalue weighted by Crippen LogP contribution is 2.16. The van der Waals surface area contributed by atoms with E-state index in [-0.39, 0.29) is 24.3 Å². The number of nitrogens with two attached hydrogens (primary N) is 1. The third kappa shape index (κ3) is 6.46. The molecule has 1 fully saturated rings. The van der Waals surface area contributed by atoms with Crippen LogP contribution >= 0.6 is 12.4 Å². The van der Waals surface area contributed by atoms with Crippen molar-refractivity contribution in [1.82, 2.24) is 4.90 Å². The number of benzene rings is 1. The number of likely N-dealkylation sites (tertiary alicyclic amines) is 1. The molecule has 1 heterocycles. The highest BCUT2D eigenvalue weighted by Gasteiger charge is 2.15. The van der Waals surface area contributed by atoms with E-state index in [0.29, 0.717) is 18.7 Å². The summed E-state index contributed by atoms with van der Waals surface area (Å²) in [4.78, 5) is 25.5. The average molecular weight is 341 g/mol. The summed E-state index contributed by atoms with van der Waals surface area (Å²) < 4.78 is 0. The van der Waals surface area contributed by atoms with Crippen molar-refractivity contribution in [3.8, 4) is 0 Å². The van der Waals surface area contributed by atoms with Gasteiger partial charge in [-0.2, -0.15) is 0 Å². The third-order valence-electron chi connectivity index (χ3n) is 3.68.